The van der Waals surface area contributed by atoms with E-state index in [0.29, 0.717) is 0 Å². The molecule has 0 saturated carbocycles. The van der Waals surface area contributed by atoms with Gasteiger partial charge in [0.1, 0.15) is 0 Å². The Bertz CT molecular complexity index is 347. The summed E-state index contributed by atoms with van der Waals surface area (Å²) >= 11 is 0. The molecule has 0 aromatic rings. The van der Waals surface area contributed by atoms with E-state index < -0.39 is 5.79 Å². The predicted molar refractivity (Wildman–Crippen MR) is 104 cm³/mol. The molecule has 1 aliphatic heterocycles. The Morgan fingerprint density at radius 3 is 2.00 bits per heavy atom. The highest BCUT2D eigenvalue weighted by Gasteiger charge is 2.38. The third-order valence-electron chi connectivity index (χ3n) is 4.97. The van der Waals surface area contributed by atoms with Crippen molar-refractivity contribution in [3.8, 4) is 0 Å². The zero-order chi connectivity index (χ0) is 17.7. The lowest BCUT2D eigenvalue weighted by molar-refractivity contribution is -0.284. The number of rotatable bonds is 13. The summed E-state index contributed by atoms with van der Waals surface area (Å²) in [5.74, 6) is -0.439. The molecule has 2 heteroatoms. The van der Waals surface area contributed by atoms with Crippen LogP contribution in [0.1, 0.15) is 91.4 Å². The fourth-order valence-corrected chi connectivity index (χ4v) is 3.21. The van der Waals surface area contributed by atoms with Crippen LogP contribution in [0.15, 0.2) is 24.8 Å². The van der Waals surface area contributed by atoms with Crippen molar-refractivity contribution in [3.05, 3.63) is 24.8 Å². The lowest BCUT2D eigenvalue weighted by atomic mass is 9.81. The van der Waals surface area contributed by atoms with Crippen LogP contribution < -0.4 is 0 Å². The Kier molecular flexibility index (Phi) is 10.6. The SMILES string of the molecule is C=CCC1(C/C=C/CCCCCCCCCC)COC(C)(C)OC1. The third kappa shape index (κ3) is 9.03. The summed E-state index contributed by atoms with van der Waals surface area (Å²) in [5.41, 5.74) is 0.0764. The van der Waals surface area contributed by atoms with Gasteiger partial charge in [0, 0.05) is 5.41 Å². The van der Waals surface area contributed by atoms with Crippen molar-refractivity contribution < 1.29 is 9.47 Å². The maximum absolute atomic E-state index is 5.88. The minimum absolute atomic E-state index is 0.0764. The van der Waals surface area contributed by atoms with Gasteiger partial charge in [0.2, 0.25) is 0 Å². The second kappa shape index (κ2) is 11.9. The minimum atomic E-state index is -0.439. The van der Waals surface area contributed by atoms with Gasteiger partial charge in [-0.3, -0.25) is 0 Å². The van der Waals surface area contributed by atoms with Crippen LogP contribution in [0, 0.1) is 5.41 Å². The molecule has 0 N–H and O–H groups in total. The van der Waals surface area contributed by atoms with Gasteiger partial charge in [-0.05, 0) is 39.5 Å². The Balaban J connectivity index is 2.14. The zero-order valence-corrected chi connectivity index (χ0v) is 16.4. The van der Waals surface area contributed by atoms with Crippen LogP contribution in [-0.2, 0) is 9.47 Å². The van der Waals surface area contributed by atoms with Crippen LogP contribution in [0.5, 0.6) is 0 Å². The molecular weight excluding hydrogens is 296 g/mol. The summed E-state index contributed by atoms with van der Waals surface area (Å²) in [6.07, 6.45) is 20.9. The molecule has 1 rings (SSSR count). The first kappa shape index (κ1) is 21.4. The molecule has 140 valence electrons. The lowest BCUT2D eigenvalue weighted by Gasteiger charge is -2.42. The van der Waals surface area contributed by atoms with E-state index in [1.165, 1.54) is 57.8 Å². The molecule has 0 aromatic heterocycles. The van der Waals surface area contributed by atoms with Gasteiger partial charge < -0.3 is 9.47 Å². The molecule has 0 aromatic carbocycles. The van der Waals surface area contributed by atoms with Gasteiger partial charge in [0.05, 0.1) is 13.2 Å². The quantitative estimate of drug-likeness (QED) is 0.272. The molecule has 0 spiro atoms. The topological polar surface area (TPSA) is 18.5 Å². The number of ether oxygens (including phenoxy) is 2. The maximum atomic E-state index is 5.88. The Morgan fingerprint density at radius 1 is 0.833 bits per heavy atom. The van der Waals surface area contributed by atoms with Crippen LogP contribution >= 0.6 is 0 Å². The highest BCUT2D eigenvalue weighted by molar-refractivity contribution is 4.96. The molecule has 2 nitrogen and oxygen atoms in total. The van der Waals surface area contributed by atoms with Gasteiger partial charge in [-0.15, -0.1) is 6.58 Å². The van der Waals surface area contributed by atoms with Gasteiger partial charge in [0.15, 0.2) is 5.79 Å². The molecule has 0 unspecified atom stereocenters. The van der Waals surface area contributed by atoms with Crippen LogP contribution in [-0.4, -0.2) is 19.0 Å². The molecule has 0 amide bonds. The van der Waals surface area contributed by atoms with E-state index in [-0.39, 0.29) is 5.41 Å². The van der Waals surface area contributed by atoms with Crippen molar-refractivity contribution in [1.29, 1.82) is 0 Å². The highest BCUT2D eigenvalue weighted by atomic mass is 16.7. The average Bonchev–Trinajstić information content (AvgIpc) is 2.56. The van der Waals surface area contributed by atoms with Crippen molar-refractivity contribution >= 4 is 0 Å². The van der Waals surface area contributed by atoms with Crippen LogP contribution in [0.4, 0.5) is 0 Å². The minimum Gasteiger partial charge on any atom is -0.350 e. The summed E-state index contributed by atoms with van der Waals surface area (Å²) in [5, 5.41) is 0. The molecule has 24 heavy (non-hydrogen) atoms. The Labute approximate surface area is 150 Å². The second-order valence-corrected chi connectivity index (χ2v) is 7.91. The summed E-state index contributed by atoms with van der Waals surface area (Å²) in [7, 11) is 0. The molecule has 1 saturated heterocycles. The molecule has 0 aliphatic carbocycles. The number of unbranched alkanes of at least 4 members (excludes halogenated alkanes) is 8. The maximum Gasteiger partial charge on any atom is 0.162 e. The zero-order valence-electron chi connectivity index (χ0n) is 16.4. The normalized spacial score (nSPS) is 19.6. The molecular formula is C22H40O2. The standard InChI is InChI=1S/C22H40O2/c1-5-7-8-9-10-11-12-13-14-15-16-18-22(17-6-2)19-23-21(3,4)24-20-22/h6,15-16H,2,5,7-14,17-20H2,1,3-4H3/b16-15+. The number of hydrogen-bond donors (Lipinski definition) is 0. The lowest BCUT2D eigenvalue weighted by Crippen LogP contribution is -2.46. The summed E-state index contributed by atoms with van der Waals surface area (Å²) in [6.45, 7) is 11.7. The van der Waals surface area contributed by atoms with Crippen molar-refractivity contribution in [1.82, 2.24) is 0 Å². The molecule has 1 heterocycles. The molecule has 0 radical (unpaired) electrons. The van der Waals surface area contributed by atoms with Crippen molar-refractivity contribution in [2.24, 2.45) is 5.41 Å². The van der Waals surface area contributed by atoms with Crippen LogP contribution in [0.3, 0.4) is 0 Å². The molecule has 0 bridgehead atoms. The fourth-order valence-electron chi connectivity index (χ4n) is 3.21. The Hall–Kier alpha value is -0.600. The average molecular weight is 337 g/mol. The summed E-state index contributed by atoms with van der Waals surface area (Å²) in [6, 6.07) is 0. The first-order valence-electron chi connectivity index (χ1n) is 10.1. The third-order valence-corrected chi connectivity index (χ3v) is 4.97. The number of allylic oxidation sites excluding steroid dienone is 3. The van der Waals surface area contributed by atoms with Crippen molar-refractivity contribution in [2.75, 3.05) is 13.2 Å². The smallest absolute Gasteiger partial charge is 0.162 e. The van der Waals surface area contributed by atoms with E-state index in [2.05, 4.69) is 25.7 Å². The number of hydrogen-bond acceptors (Lipinski definition) is 2. The predicted octanol–water partition coefficient (Wildman–Crippen LogP) is 6.81. The fraction of sp³-hybridized carbons (Fsp3) is 0.818. The monoisotopic (exact) mass is 336 g/mol. The first-order chi connectivity index (χ1) is 11.5. The molecule has 1 aliphatic rings. The largest absolute Gasteiger partial charge is 0.350 e. The van der Waals surface area contributed by atoms with E-state index in [4.69, 9.17) is 9.47 Å². The molecule has 1 fully saturated rings. The van der Waals surface area contributed by atoms with Gasteiger partial charge in [-0.25, -0.2) is 0 Å². The summed E-state index contributed by atoms with van der Waals surface area (Å²) < 4.78 is 11.8. The summed E-state index contributed by atoms with van der Waals surface area (Å²) in [4.78, 5) is 0. The van der Waals surface area contributed by atoms with Crippen LogP contribution in [0.25, 0.3) is 0 Å². The van der Waals surface area contributed by atoms with Gasteiger partial charge in [-0.1, -0.05) is 70.1 Å². The van der Waals surface area contributed by atoms with Gasteiger partial charge in [-0.2, -0.15) is 0 Å². The first-order valence-corrected chi connectivity index (χ1v) is 10.1. The highest BCUT2D eigenvalue weighted by Crippen LogP contribution is 2.36. The van der Waals surface area contributed by atoms with E-state index in [1.54, 1.807) is 0 Å². The van der Waals surface area contributed by atoms with Crippen molar-refractivity contribution in [2.45, 2.75) is 97.2 Å². The van der Waals surface area contributed by atoms with E-state index >= 15 is 0 Å². The Morgan fingerprint density at radius 2 is 1.42 bits per heavy atom. The second-order valence-electron chi connectivity index (χ2n) is 7.91. The molecule has 0 atom stereocenters. The van der Waals surface area contributed by atoms with E-state index in [1.807, 2.05) is 19.9 Å². The van der Waals surface area contributed by atoms with Crippen LogP contribution in [0.2, 0.25) is 0 Å². The van der Waals surface area contributed by atoms with Crippen molar-refractivity contribution in [3.63, 3.8) is 0 Å². The van der Waals surface area contributed by atoms with E-state index in [9.17, 15) is 0 Å². The van der Waals surface area contributed by atoms with E-state index in [0.717, 1.165) is 26.1 Å². The van der Waals surface area contributed by atoms with Gasteiger partial charge >= 0.3 is 0 Å². The van der Waals surface area contributed by atoms with Gasteiger partial charge in [0.25, 0.3) is 0 Å².